The van der Waals surface area contributed by atoms with Crippen molar-refractivity contribution in [3.8, 4) is 0 Å². The van der Waals surface area contributed by atoms with Gasteiger partial charge in [-0.3, -0.25) is 14.4 Å². The molecule has 0 aromatic rings. The molecular formula is C63H119N3O19. The zero-order valence-corrected chi connectivity index (χ0v) is 52.7. The summed E-state index contributed by atoms with van der Waals surface area (Å²) in [4.78, 5) is 39.3. The molecular weight excluding hydrogens is 1100 g/mol. The van der Waals surface area contributed by atoms with Crippen LogP contribution in [0.3, 0.4) is 0 Å². The van der Waals surface area contributed by atoms with Gasteiger partial charge in [0.05, 0.1) is 38.1 Å². The number of amides is 3. The Morgan fingerprint density at radius 2 is 0.918 bits per heavy atom. The van der Waals surface area contributed by atoms with E-state index in [2.05, 4.69) is 36.7 Å². The summed E-state index contributed by atoms with van der Waals surface area (Å²) in [6.45, 7) is 8.12. The third kappa shape index (κ3) is 29.1. The fourth-order valence-electron chi connectivity index (χ4n) is 11.8. The van der Waals surface area contributed by atoms with Crippen LogP contribution < -0.4 is 16.0 Å². The van der Waals surface area contributed by atoms with Crippen molar-refractivity contribution in [2.24, 2.45) is 5.92 Å². The number of unbranched alkanes of at least 4 members (excludes halogenated alkanes) is 26. The zero-order valence-electron chi connectivity index (χ0n) is 52.7. The molecule has 3 aliphatic heterocycles. The first-order valence-corrected chi connectivity index (χ1v) is 33.2. The summed E-state index contributed by atoms with van der Waals surface area (Å²) in [6, 6.07) is -4.44. The van der Waals surface area contributed by atoms with Gasteiger partial charge in [-0.25, -0.2) is 0 Å². The van der Waals surface area contributed by atoms with Gasteiger partial charge in [-0.2, -0.15) is 0 Å². The van der Waals surface area contributed by atoms with Gasteiger partial charge < -0.3 is 95.4 Å². The molecule has 3 rings (SSSR count). The Morgan fingerprint density at radius 3 is 1.39 bits per heavy atom. The molecule has 0 aromatic carbocycles. The summed E-state index contributed by atoms with van der Waals surface area (Å²) in [7, 11) is 0. The Balaban J connectivity index is 1.76. The molecule has 85 heavy (non-hydrogen) atoms. The van der Waals surface area contributed by atoms with Gasteiger partial charge in [-0.05, 0) is 25.7 Å². The number of nitrogens with one attached hydrogen (secondary N) is 3. The molecule has 3 heterocycles. The summed E-state index contributed by atoms with van der Waals surface area (Å²) in [5, 5.41) is 118. The van der Waals surface area contributed by atoms with E-state index in [0.29, 0.717) is 12.8 Å². The van der Waals surface area contributed by atoms with Crippen molar-refractivity contribution in [1.82, 2.24) is 16.0 Å². The molecule has 500 valence electrons. The van der Waals surface area contributed by atoms with Crippen LogP contribution in [-0.2, 0) is 42.8 Å². The molecule has 0 aliphatic carbocycles. The first kappa shape index (κ1) is 77.0. The normalized spacial score (nSPS) is 29.5. The third-order valence-corrected chi connectivity index (χ3v) is 17.1. The van der Waals surface area contributed by atoms with Crippen molar-refractivity contribution in [1.29, 1.82) is 0 Å². The Hall–Kier alpha value is -2.23. The summed E-state index contributed by atoms with van der Waals surface area (Å²) < 4.78 is 36.9. The highest BCUT2D eigenvalue weighted by molar-refractivity contribution is 5.80. The summed E-state index contributed by atoms with van der Waals surface area (Å²) >= 11 is 0. The summed E-state index contributed by atoms with van der Waals surface area (Å²) in [6.07, 6.45) is 7.89. The van der Waals surface area contributed by atoms with Crippen LogP contribution in [0.25, 0.3) is 0 Å². The van der Waals surface area contributed by atoms with Crippen molar-refractivity contribution < 1.29 is 93.9 Å². The summed E-state index contributed by atoms with van der Waals surface area (Å²) in [5.74, 6) is -1.47. The van der Waals surface area contributed by atoms with E-state index in [4.69, 9.17) is 28.4 Å². The van der Waals surface area contributed by atoms with Crippen LogP contribution in [0.4, 0.5) is 0 Å². The standard InChI is InChI=1S/C63H119N3O19/c1-7-8-9-10-11-12-13-14-15-16-17-18-19-20-25-28-31-34-37-47(72)60(79)66-45(53(74)46(71)36-33-30-27-24-22-21-23-26-29-32-35-41(2)3)40-80-61-51(65-44(6)70)59(85-63-57(78)56(77)52(73)42(4)81-63)58(49(39-68)83-61)84-62-50(64-43(5)69)55(76)54(75)48(38-67)82-62/h41-42,45-59,61-63,67-68,71-78H,7-40H2,1-6H3,(H,64,69)(H,65,70)(H,66,79)/t42-,45+,46-,47-,48-,49-,50-,51-,52+,53+,54+,55-,56+,57-,58-,59-,61-,62+,63-/m1/s1. The Kier molecular flexibility index (Phi) is 40.1. The third-order valence-electron chi connectivity index (χ3n) is 17.1. The monoisotopic (exact) mass is 1220 g/mol. The second kappa shape index (κ2) is 44.3. The molecule has 19 atom stereocenters. The average Bonchev–Trinajstić information content (AvgIpc) is 2.50. The van der Waals surface area contributed by atoms with E-state index in [0.717, 1.165) is 71.1 Å². The Labute approximate surface area is 508 Å². The lowest BCUT2D eigenvalue weighted by molar-refractivity contribution is -0.366. The fourth-order valence-corrected chi connectivity index (χ4v) is 11.8. The maximum atomic E-state index is 13.8. The van der Waals surface area contributed by atoms with E-state index in [1.807, 2.05) is 0 Å². The van der Waals surface area contributed by atoms with Crippen molar-refractivity contribution in [3.63, 3.8) is 0 Å². The van der Waals surface area contributed by atoms with Crippen LogP contribution in [0, 0.1) is 5.92 Å². The van der Waals surface area contributed by atoms with Gasteiger partial charge in [-0.1, -0.05) is 207 Å². The van der Waals surface area contributed by atoms with Crippen LogP contribution >= 0.6 is 0 Å². The van der Waals surface area contributed by atoms with Crippen molar-refractivity contribution >= 4 is 17.7 Å². The number of aliphatic hydroxyl groups excluding tert-OH is 10. The molecule has 0 spiro atoms. The lowest BCUT2D eigenvalue weighted by Crippen LogP contribution is -2.71. The van der Waals surface area contributed by atoms with Gasteiger partial charge in [0, 0.05) is 13.8 Å². The smallest absolute Gasteiger partial charge is 0.249 e. The zero-order chi connectivity index (χ0) is 62.7. The van der Waals surface area contributed by atoms with E-state index in [1.165, 1.54) is 129 Å². The molecule has 22 heteroatoms. The van der Waals surface area contributed by atoms with Gasteiger partial charge in [0.15, 0.2) is 18.9 Å². The Morgan fingerprint density at radius 1 is 0.482 bits per heavy atom. The highest BCUT2D eigenvalue weighted by Gasteiger charge is 2.55. The van der Waals surface area contributed by atoms with Crippen molar-refractivity contribution in [2.45, 2.75) is 357 Å². The minimum absolute atomic E-state index is 0.145. The second-order valence-corrected chi connectivity index (χ2v) is 25.1. The fraction of sp³-hybridized carbons (Fsp3) is 0.952. The number of ether oxygens (including phenoxy) is 6. The first-order valence-electron chi connectivity index (χ1n) is 33.2. The lowest BCUT2D eigenvalue weighted by atomic mass is 9.93. The van der Waals surface area contributed by atoms with E-state index in [1.54, 1.807) is 0 Å². The topological polar surface area (TPSA) is 345 Å². The lowest BCUT2D eigenvalue weighted by Gasteiger charge is -2.50. The highest BCUT2D eigenvalue weighted by atomic mass is 16.8. The number of rotatable bonds is 47. The SMILES string of the molecule is CCCCCCCCCCCCCCCCCCCC[C@@H](O)C(=O)N[C@@H](CO[C@@H]1O[C@H](CO)[C@@H](O[C@@H]2O[C@H](CO)[C@H](O)[C@H](O)[C@H]2NC(C)=O)[C@H](O[C@H]2O[C@H](C)[C@H](O)[C@H](O)[C@H]2O)[C@H]1NC(C)=O)[C@H](O)[C@H](O)CCCCCCCCCCCCC(C)C. The minimum Gasteiger partial charge on any atom is -0.394 e. The van der Waals surface area contributed by atoms with Crippen LogP contribution in [-0.4, -0.2) is 205 Å². The van der Waals surface area contributed by atoms with Crippen LogP contribution in [0.5, 0.6) is 0 Å². The molecule has 13 N–H and O–H groups in total. The number of carbonyl (C=O) groups is 3. The van der Waals surface area contributed by atoms with E-state index in [9.17, 15) is 65.4 Å². The van der Waals surface area contributed by atoms with Gasteiger partial charge in [-0.15, -0.1) is 0 Å². The number of hydrogen-bond acceptors (Lipinski definition) is 19. The molecule has 0 aromatic heterocycles. The molecule has 3 amide bonds. The molecule has 0 radical (unpaired) electrons. The molecule has 3 fully saturated rings. The molecule has 0 saturated carbocycles. The number of hydrogen-bond donors (Lipinski definition) is 13. The van der Waals surface area contributed by atoms with Gasteiger partial charge in [0.2, 0.25) is 17.7 Å². The molecule has 0 unspecified atom stereocenters. The number of carbonyl (C=O) groups excluding carboxylic acids is 3. The average molecular weight is 1220 g/mol. The van der Waals surface area contributed by atoms with Crippen LogP contribution in [0.1, 0.15) is 241 Å². The van der Waals surface area contributed by atoms with Crippen LogP contribution in [0.15, 0.2) is 0 Å². The Bertz CT molecular complexity index is 1740. The quantitative estimate of drug-likeness (QED) is 0.0352. The molecule has 3 aliphatic rings. The number of aliphatic hydroxyl groups is 10. The maximum Gasteiger partial charge on any atom is 0.249 e. The van der Waals surface area contributed by atoms with Crippen LogP contribution in [0.2, 0.25) is 0 Å². The van der Waals surface area contributed by atoms with Crippen molar-refractivity contribution in [3.05, 3.63) is 0 Å². The highest BCUT2D eigenvalue weighted by Crippen LogP contribution is 2.34. The maximum absolute atomic E-state index is 13.8. The van der Waals surface area contributed by atoms with E-state index in [-0.39, 0.29) is 12.8 Å². The van der Waals surface area contributed by atoms with E-state index >= 15 is 0 Å². The van der Waals surface area contributed by atoms with Crippen molar-refractivity contribution in [2.75, 3.05) is 19.8 Å². The van der Waals surface area contributed by atoms with Gasteiger partial charge in [0.25, 0.3) is 0 Å². The first-order chi connectivity index (χ1) is 40.7. The van der Waals surface area contributed by atoms with Gasteiger partial charge >= 0.3 is 0 Å². The second-order valence-electron chi connectivity index (χ2n) is 25.1. The predicted molar refractivity (Wildman–Crippen MR) is 320 cm³/mol. The molecule has 3 saturated heterocycles. The molecule has 0 bridgehead atoms. The van der Waals surface area contributed by atoms with E-state index < -0.39 is 154 Å². The summed E-state index contributed by atoms with van der Waals surface area (Å²) in [5.41, 5.74) is 0. The van der Waals surface area contributed by atoms with Gasteiger partial charge in [0.1, 0.15) is 79.2 Å². The minimum atomic E-state index is -1.92. The largest absolute Gasteiger partial charge is 0.394 e. The molecule has 22 nitrogen and oxygen atoms in total. The predicted octanol–water partition coefficient (Wildman–Crippen LogP) is 5.10.